The standard InChI is InChI=1S/C23H27N5O2/c29-21-10-9-19(16-27(21)14-4-8-18-6-2-1-3-7-18)22(30)24-13-11-20-17-28-15-5-12-25-23(28)26-20/h1-3,5-7,12,15,17,19H,4,8-11,13-14,16H2,(H,24,30)/t19-/m0/s1. The second kappa shape index (κ2) is 9.52. The number of hydrogen-bond donors (Lipinski definition) is 1. The highest BCUT2D eigenvalue weighted by atomic mass is 16.2. The Bertz CT molecular complexity index is 968. The van der Waals surface area contributed by atoms with Gasteiger partial charge in [-0.15, -0.1) is 0 Å². The molecule has 0 bridgehead atoms. The van der Waals surface area contributed by atoms with Crippen molar-refractivity contribution in [2.45, 2.75) is 32.1 Å². The van der Waals surface area contributed by atoms with Crippen LogP contribution in [0.25, 0.3) is 5.78 Å². The van der Waals surface area contributed by atoms with Crippen molar-refractivity contribution < 1.29 is 9.59 Å². The summed E-state index contributed by atoms with van der Waals surface area (Å²) in [5.41, 5.74) is 2.17. The predicted octanol–water partition coefficient (Wildman–Crippen LogP) is 2.26. The molecular formula is C23H27N5O2. The quantitative estimate of drug-likeness (QED) is 0.623. The van der Waals surface area contributed by atoms with Gasteiger partial charge >= 0.3 is 0 Å². The third-order valence-corrected chi connectivity index (χ3v) is 5.57. The van der Waals surface area contributed by atoms with Gasteiger partial charge in [-0.2, -0.15) is 0 Å². The lowest BCUT2D eigenvalue weighted by Crippen LogP contribution is -2.46. The Balaban J connectivity index is 1.22. The zero-order valence-electron chi connectivity index (χ0n) is 17.0. The molecule has 1 fully saturated rings. The zero-order valence-corrected chi connectivity index (χ0v) is 17.0. The summed E-state index contributed by atoms with van der Waals surface area (Å²) in [6.07, 6.45) is 9.12. The van der Waals surface area contributed by atoms with Gasteiger partial charge < -0.3 is 10.2 Å². The molecule has 0 aliphatic carbocycles. The van der Waals surface area contributed by atoms with Crippen LogP contribution < -0.4 is 5.32 Å². The fourth-order valence-electron chi connectivity index (χ4n) is 3.92. The fraction of sp³-hybridized carbons (Fsp3) is 0.391. The number of amides is 2. The highest BCUT2D eigenvalue weighted by Crippen LogP contribution is 2.18. The van der Waals surface area contributed by atoms with E-state index in [1.165, 1.54) is 5.56 Å². The van der Waals surface area contributed by atoms with Crippen LogP contribution in [0.1, 0.15) is 30.5 Å². The van der Waals surface area contributed by atoms with Gasteiger partial charge in [-0.3, -0.25) is 14.0 Å². The summed E-state index contributed by atoms with van der Waals surface area (Å²) < 4.78 is 1.87. The van der Waals surface area contributed by atoms with Crippen molar-refractivity contribution in [3.05, 3.63) is 66.2 Å². The van der Waals surface area contributed by atoms with Crippen LogP contribution in [0.4, 0.5) is 0 Å². The van der Waals surface area contributed by atoms with E-state index in [0.29, 0.717) is 44.7 Å². The summed E-state index contributed by atoms with van der Waals surface area (Å²) >= 11 is 0. The number of likely N-dealkylation sites (tertiary alicyclic amines) is 1. The van der Waals surface area contributed by atoms with Crippen molar-refractivity contribution in [1.82, 2.24) is 24.6 Å². The van der Waals surface area contributed by atoms with Gasteiger partial charge in [-0.25, -0.2) is 9.97 Å². The molecule has 156 valence electrons. The number of imidazole rings is 1. The van der Waals surface area contributed by atoms with E-state index in [1.807, 2.05) is 46.0 Å². The molecule has 0 spiro atoms. The Morgan fingerprint density at radius 2 is 2.03 bits per heavy atom. The van der Waals surface area contributed by atoms with E-state index in [9.17, 15) is 9.59 Å². The van der Waals surface area contributed by atoms with Crippen molar-refractivity contribution in [2.75, 3.05) is 19.6 Å². The lowest BCUT2D eigenvalue weighted by molar-refractivity contribution is -0.138. The van der Waals surface area contributed by atoms with Crippen LogP contribution in [0.3, 0.4) is 0 Å². The number of aryl methyl sites for hydroxylation is 1. The second-order valence-corrected chi connectivity index (χ2v) is 7.76. The zero-order chi connectivity index (χ0) is 20.8. The minimum Gasteiger partial charge on any atom is -0.355 e. The Kier molecular flexibility index (Phi) is 6.37. The number of carbonyl (C=O) groups excluding carboxylic acids is 2. The van der Waals surface area contributed by atoms with Crippen molar-refractivity contribution in [3.63, 3.8) is 0 Å². The van der Waals surface area contributed by atoms with E-state index in [4.69, 9.17) is 0 Å². The number of piperidine rings is 1. The number of rotatable bonds is 8. The molecule has 0 radical (unpaired) electrons. The highest BCUT2D eigenvalue weighted by Gasteiger charge is 2.29. The second-order valence-electron chi connectivity index (χ2n) is 7.76. The van der Waals surface area contributed by atoms with Gasteiger partial charge in [-0.1, -0.05) is 30.3 Å². The largest absolute Gasteiger partial charge is 0.355 e. The van der Waals surface area contributed by atoms with Crippen molar-refractivity contribution in [3.8, 4) is 0 Å². The van der Waals surface area contributed by atoms with Crippen LogP contribution in [-0.2, 0) is 22.4 Å². The molecule has 1 aliphatic heterocycles. The van der Waals surface area contributed by atoms with Crippen LogP contribution in [-0.4, -0.2) is 50.7 Å². The Morgan fingerprint density at radius 3 is 2.87 bits per heavy atom. The predicted molar refractivity (Wildman–Crippen MR) is 114 cm³/mol. The molecule has 2 aromatic heterocycles. The summed E-state index contributed by atoms with van der Waals surface area (Å²) in [5, 5.41) is 3.02. The number of carbonyl (C=O) groups is 2. The third-order valence-electron chi connectivity index (χ3n) is 5.57. The van der Waals surface area contributed by atoms with Crippen LogP contribution in [0.15, 0.2) is 55.0 Å². The maximum atomic E-state index is 12.6. The molecule has 3 heterocycles. The Hall–Kier alpha value is -3.22. The van der Waals surface area contributed by atoms with E-state index in [0.717, 1.165) is 18.5 Å². The number of benzene rings is 1. The molecule has 0 unspecified atom stereocenters. The van der Waals surface area contributed by atoms with Gasteiger partial charge in [0.2, 0.25) is 17.6 Å². The lowest BCUT2D eigenvalue weighted by atomic mass is 9.96. The summed E-state index contributed by atoms with van der Waals surface area (Å²) in [4.78, 5) is 35.4. The van der Waals surface area contributed by atoms with Gasteiger partial charge in [0.1, 0.15) is 0 Å². The van der Waals surface area contributed by atoms with E-state index in [1.54, 1.807) is 6.20 Å². The average Bonchev–Trinajstić information content (AvgIpc) is 3.18. The van der Waals surface area contributed by atoms with Crippen LogP contribution in [0.2, 0.25) is 0 Å². The topological polar surface area (TPSA) is 79.6 Å². The molecule has 2 amide bonds. The maximum absolute atomic E-state index is 12.6. The number of aromatic nitrogens is 3. The number of nitrogens with one attached hydrogen (secondary N) is 1. The molecular weight excluding hydrogens is 378 g/mol. The van der Waals surface area contributed by atoms with Crippen molar-refractivity contribution in [1.29, 1.82) is 0 Å². The van der Waals surface area contributed by atoms with Gasteiger partial charge in [-0.05, 0) is 30.9 Å². The van der Waals surface area contributed by atoms with Crippen LogP contribution >= 0.6 is 0 Å². The molecule has 1 aliphatic rings. The van der Waals surface area contributed by atoms with Crippen molar-refractivity contribution >= 4 is 17.6 Å². The molecule has 1 saturated heterocycles. The number of fused-ring (bicyclic) bond motifs is 1. The van der Waals surface area contributed by atoms with E-state index < -0.39 is 0 Å². The Labute approximate surface area is 176 Å². The van der Waals surface area contributed by atoms with Gasteiger partial charge in [0, 0.05) is 51.1 Å². The summed E-state index contributed by atoms with van der Waals surface area (Å²) in [5.74, 6) is 0.708. The molecule has 7 heteroatoms. The first-order valence-corrected chi connectivity index (χ1v) is 10.6. The van der Waals surface area contributed by atoms with E-state index >= 15 is 0 Å². The third kappa shape index (κ3) is 5.03. The van der Waals surface area contributed by atoms with Crippen molar-refractivity contribution in [2.24, 2.45) is 5.92 Å². The van der Waals surface area contributed by atoms with Gasteiger partial charge in [0.15, 0.2) is 0 Å². The fourth-order valence-corrected chi connectivity index (χ4v) is 3.92. The van der Waals surface area contributed by atoms with E-state index in [-0.39, 0.29) is 17.7 Å². The molecule has 1 N–H and O–H groups in total. The highest BCUT2D eigenvalue weighted by molar-refractivity contribution is 5.83. The molecule has 3 aromatic rings. The van der Waals surface area contributed by atoms with Crippen LogP contribution in [0.5, 0.6) is 0 Å². The monoisotopic (exact) mass is 405 g/mol. The minimum atomic E-state index is -0.137. The maximum Gasteiger partial charge on any atom is 0.233 e. The van der Waals surface area contributed by atoms with E-state index in [2.05, 4.69) is 27.4 Å². The normalized spacial score (nSPS) is 16.7. The smallest absolute Gasteiger partial charge is 0.233 e. The molecule has 30 heavy (non-hydrogen) atoms. The number of nitrogens with zero attached hydrogens (tertiary/aromatic N) is 4. The first-order valence-electron chi connectivity index (χ1n) is 10.6. The summed E-state index contributed by atoms with van der Waals surface area (Å²) in [6.45, 7) is 1.74. The average molecular weight is 406 g/mol. The minimum absolute atomic E-state index is 0.0254. The first-order chi connectivity index (χ1) is 14.7. The SMILES string of the molecule is O=C(NCCc1cn2cccnc2n1)[C@H]1CCC(=O)N(CCCc2ccccc2)C1. The Morgan fingerprint density at radius 1 is 1.17 bits per heavy atom. The first kappa shape index (κ1) is 20.1. The molecule has 4 rings (SSSR count). The lowest BCUT2D eigenvalue weighted by Gasteiger charge is -2.32. The number of hydrogen-bond acceptors (Lipinski definition) is 4. The molecule has 1 aromatic carbocycles. The molecule has 7 nitrogen and oxygen atoms in total. The van der Waals surface area contributed by atoms with Crippen LogP contribution in [0, 0.1) is 5.92 Å². The molecule has 1 atom stereocenters. The summed E-state index contributed by atoms with van der Waals surface area (Å²) in [7, 11) is 0. The summed E-state index contributed by atoms with van der Waals surface area (Å²) in [6, 6.07) is 12.1. The molecule has 0 saturated carbocycles. The van der Waals surface area contributed by atoms with Gasteiger partial charge in [0.05, 0.1) is 11.6 Å². The van der Waals surface area contributed by atoms with Gasteiger partial charge in [0.25, 0.3) is 0 Å².